The molecule has 4 heteroatoms. The second-order valence-corrected chi connectivity index (χ2v) is 5.24. The van der Waals surface area contributed by atoms with E-state index in [9.17, 15) is 13.9 Å². The lowest BCUT2D eigenvalue weighted by molar-refractivity contribution is 0.163. The van der Waals surface area contributed by atoms with E-state index < -0.39 is 17.7 Å². The van der Waals surface area contributed by atoms with E-state index in [1.165, 1.54) is 0 Å². The maximum Gasteiger partial charge on any atom is 0.129 e. The van der Waals surface area contributed by atoms with Gasteiger partial charge in [0.2, 0.25) is 0 Å². The smallest absolute Gasteiger partial charge is 0.129 e. The van der Waals surface area contributed by atoms with Crippen molar-refractivity contribution in [2.45, 2.75) is 45.8 Å². The van der Waals surface area contributed by atoms with Gasteiger partial charge in [-0.05, 0) is 37.5 Å². The molecule has 0 aliphatic rings. The SMILES string of the molecule is CCC(C)CC(C)NCC(O)c1cc(F)ccc1F. The third kappa shape index (κ3) is 5.25. The molecule has 19 heavy (non-hydrogen) atoms. The van der Waals surface area contributed by atoms with Gasteiger partial charge in [0.25, 0.3) is 0 Å². The van der Waals surface area contributed by atoms with Crippen LogP contribution in [0.1, 0.15) is 45.3 Å². The van der Waals surface area contributed by atoms with Crippen molar-refractivity contribution in [3.63, 3.8) is 0 Å². The van der Waals surface area contributed by atoms with Crippen LogP contribution in [-0.2, 0) is 0 Å². The van der Waals surface area contributed by atoms with Gasteiger partial charge in [-0.25, -0.2) is 8.78 Å². The van der Waals surface area contributed by atoms with Crippen LogP contribution in [0.4, 0.5) is 8.78 Å². The zero-order valence-corrected chi connectivity index (χ0v) is 11.8. The van der Waals surface area contributed by atoms with Crippen LogP contribution in [0, 0.1) is 17.6 Å². The fraction of sp³-hybridized carbons (Fsp3) is 0.600. The summed E-state index contributed by atoms with van der Waals surface area (Å²) in [6, 6.07) is 3.36. The number of halogens is 2. The van der Waals surface area contributed by atoms with Crippen molar-refractivity contribution < 1.29 is 13.9 Å². The molecular weight excluding hydrogens is 248 g/mol. The van der Waals surface area contributed by atoms with Crippen molar-refractivity contribution in [2.24, 2.45) is 5.92 Å². The van der Waals surface area contributed by atoms with Gasteiger partial charge in [-0.3, -0.25) is 0 Å². The topological polar surface area (TPSA) is 32.3 Å². The summed E-state index contributed by atoms with van der Waals surface area (Å²) in [5, 5.41) is 13.1. The monoisotopic (exact) mass is 271 g/mol. The van der Waals surface area contributed by atoms with E-state index in [0.29, 0.717) is 5.92 Å². The molecule has 1 rings (SSSR count). The molecular formula is C15H23F2NO. The second kappa shape index (κ2) is 7.56. The van der Waals surface area contributed by atoms with Gasteiger partial charge >= 0.3 is 0 Å². The Labute approximate surface area is 113 Å². The molecule has 108 valence electrons. The molecule has 0 heterocycles. The average Bonchev–Trinajstić information content (AvgIpc) is 2.38. The Bertz CT molecular complexity index is 398. The highest BCUT2D eigenvalue weighted by Gasteiger charge is 2.15. The Kier molecular flexibility index (Phi) is 6.38. The van der Waals surface area contributed by atoms with Crippen LogP contribution in [0.2, 0.25) is 0 Å². The molecule has 0 fully saturated rings. The van der Waals surface area contributed by atoms with Gasteiger partial charge in [-0.1, -0.05) is 20.3 Å². The zero-order valence-electron chi connectivity index (χ0n) is 11.8. The molecule has 0 radical (unpaired) electrons. The highest BCUT2D eigenvalue weighted by atomic mass is 19.1. The predicted octanol–water partition coefficient (Wildman–Crippen LogP) is 3.41. The summed E-state index contributed by atoms with van der Waals surface area (Å²) in [5.74, 6) is -0.515. The highest BCUT2D eigenvalue weighted by Crippen LogP contribution is 2.18. The second-order valence-electron chi connectivity index (χ2n) is 5.24. The zero-order chi connectivity index (χ0) is 14.4. The lowest BCUT2D eigenvalue weighted by Gasteiger charge is -2.20. The van der Waals surface area contributed by atoms with Crippen molar-refractivity contribution in [1.82, 2.24) is 5.32 Å². The molecule has 0 aliphatic carbocycles. The Morgan fingerprint density at radius 1 is 1.26 bits per heavy atom. The molecule has 0 aromatic heterocycles. The lowest BCUT2D eigenvalue weighted by atomic mass is 10.00. The summed E-state index contributed by atoms with van der Waals surface area (Å²) in [4.78, 5) is 0. The maximum absolute atomic E-state index is 13.5. The fourth-order valence-corrected chi connectivity index (χ4v) is 2.05. The van der Waals surface area contributed by atoms with Crippen molar-refractivity contribution >= 4 is 0 Å². The van der Waals surface area contributed by atoms with Crippen LogP contribution in [0.3, 0.4) is 0 Å². The molecule has 2 nitrogen and oxygen atoms in total. The number of hydrogen-bond donors (Lipinski definition) is 2. The molecule has 2 N–H and O–H groups in total. The maximum atomic E-state index is 13.5. The molecule has 0 amide bonds. The molecule has 0 saturated carbocycles. The summed E-state index contributed by atoms with van der Waals surface area (Å²) in [6.07, 6.45) is 1.07. The largest absolute Gasteiger partial charge is 0.387 e. The fourth-order valence-electron chi connectivity index (χ4n) is 2.05. The van der Waals surface area contributed by atoms with Gasteiger partial charge in [0.1, 0.15) is 11.6 Å². The quantitative estimate of drug-likeness (QED) is 0.796. The van der Waals surface area contributed by atoms with E-state index in [-0.39, 0.29) is 18.2 Å². The molecule has 1 aromatic carbocycles. The van der Waals surface area contributed by atoms with Gasteiger partial charge in [0.05, 0.1) is 6.10 Å². The summed E-state index contributed by atoms with van der Waals surface area (Å²) < 4.78 is 26.5. The summed E-state index contributed by atoms with van der Waals surface area (Å²) in [5.41, 5.74) is 0.00300. The first-order valence-electron chi connectivity index (χ1n) is 6.80. The van der Waals surface area contributed by atoms with E-state index in [1.54, 1.807) is 0 Å². The van der Waals surface area contributed by atoms with Gasteiger partial charge in [-0.2, -0.15) is 0 Å². The third-order valence-corrected chi connectivity index (χ3v) is 3.43. The Morgan fingerprint density at radius 2 is 1.95 bits per heavy atom. The number of rotatable bonds is 7. The third-order valence-electron chi connectivity index (χ3n) is 3.43. The molecule has 3 atom stereocenters. The number of benzene rings is 1. The minimum absolute atomic E-state index is 0.00300. The van der Waals surface area contributed by atoms with Crippen molar-refractivity contribution in [3.8, 4) is 0 Å². The van der Waals surface area contributed by atoms with Crippen LogP contribution in [-0.4, -0.2) is 17.7 Å². The van der Waals surface area contributed by atoms with Gasteiger partial charge in [0, 0.05) is 18.2 Å². The van der Waals surface area contributed by atoms with Crippen LogP contribution in [0.15, 0.2) is 18.2 Å². The van der Waals surface area contributed by atoms with Crippen LogP contribution < -0.4 is 5.32 Å². The first-order chi connectivity index (χ1) is 8.93. The number of aliphatic hydroxyl groups excluding tert-OH is 1. The summed E-state index contributed by atoms with van der Waals surface area (Å²) >= 11 is 0. The molecule has 1 aromatic rings. The van der Waals surface area contributed by atoms with Crippen LogP contribution in [0.25, 0.3) is 0 Å². The first-order valence-corrected chi connectivity index (χ1v) is 6.80. The van der Waals surface area contributed by atoms with E-state index >= 15 is 0 Å². The van der Waals surface area contributed by atoms with Crippen molar-refractivity contribution in [3.05, 3.63) is 35.4 Å². The van der Waals surface area contributed by atoms with E-state index in [4.69, 9.17) is 0 Å². The Hall–Kier alpha value is -1.00. The van der Waals surface area contributed by atoms with E-state index in [0.717, 1.165) is 31.0 Å². The standard InChI is InChI=1S/C15H23F2NO/c1-4-10(2)7-11(3)18-9-15(19)13-8-12(16)5-6-14(13)17/h5-6,8,10-11,15,18-19H,4,7,9H2,1-3H3. The number of hydrogen-bond acceptors (Lipinski definition) is 2. The summed E-state index contributed by atoms with van der Waals surface area (Å²) in [7, 11) is 0. The molecule has 0 saturated heterocycles. The van der Waals surface area contributed by atoms with Gasteiger partial charge in [0.15, 0.2) is 0 Å². The molecule has 0 aliphatic heterocycles. The number of nitrogens with one attached hydrogen (secondary N) is 1. The predicted molar refractivity (Wildman–Crippen MR) is 72.9 cm³/mol. The molecule has 3 unspecified atom stereocenters. The van der Waals surface area contributed by atoms with E-state index in [1.807, 2.05) is 6.92 Å². The normalized spacial score (nSPS) is 16.1. The molecule has 0 spiro atoms. The number of aliphatic hydroxyl groups is 1. The Morgan fingerprint density at radius 3 is 2.58 bits per heavy atom. The van der Waals surface area contributed by atoms with Crippen LogP contribution >= 0.6 is 0 Å². The van der Waals surface area contributed by atoms with Gasteiger partial charge < -0.3 is 10.4 Å². The average molecular weight is 271 g/mol. The van der Waals surface area contributed by atoms with E-state index in [2.05, 4.69) is 19.2 Å². The van der Waals surface area contributed by atoms with Crippen molar-refractivity contribution in [1.29, 1.82) is 0 Å². The van der Waals surface area contributed by atoms with Crippen molar-refractivity contribution in [2.75, 3.05) is 6.54 Å². The first kappa shape index (κ1) is 16.1. The lowest BCUT2D eigenvalue weighted by Crippen LogP contribution is -2.32. The van der Waals surface area contributed by atoms with Gasteiger partial charge in [-0.15, -0.1) is 0 Å². The summed E-state index contributed by atoms with van der Waals surface area (Å²) in [6.45, 7) is 6.55. The highest BCUT2D eigenvalue weighted by molar-refractivity contribution is 5.21. The molecule has 0 bridgehead atoms. The Balaban J connectivity index is 2.51. The minimum Gasteiger partial charge on any atom is -0.387 e. The minimum atomic E-state index is -1.03. The van der Waals surface area contributed by atoms with Crippen LogP contribution in [0.5, 0.6) is 0 Å².